The molecule has 1 saturated heterocycles. The SMILES string of the molecule is C/C1=C/C[C@H](/C(C)=C/c2coc(CO)n2)OC(=O)C[C@H](O)C(C)(C)C(=O)[C@H](C)[C@@H](O)[C@@H](C)C2NC2C1. The molecule has 2 aliphatic rings. The molecule has 3 heterocycles. The lowest BCUT2D eigenvalue weighted by atomic mass is 9.73. The van der Waals surface area contributed by atoms with E-state index in [1.807, 2.05) is 26.8 Å². The van der Waals surface area contributed by atoms with Crippen molar-refractivity contribution in [2.24, 2.45) is 17.3 Å². The molecule has 4 N–H and O–H groups in total. The van der Waals surface area contributed by atoms with E-state index in [1.165, 1.54) is 6.26 Å². The first-order valence-corrected chi connectivity index (χ1v) is 12.6. The molecule has 0 aromatic carbocycles. The third-order valence-electron chi connectivity index (χ3n) is 7.67. The number of ketones is 1. The first-order valence-electron chi connectivity index (χ1n) is 12.6. The first-order chi connectivity index (χ1) is 16.8. The summed E-state index contributed by atoms with van der Waals surface area (Å²) in [5.41, 5.74) is 1.10. The second kappa shape index (κ2) is 11.4. The monoisotopic (exact) mass is 504 g/mol. The van der Waals surface area contributed by atoms with Gasteiger partial charge in [-0.3, -0.25) is 9.59 Å². The molecule has 1 aromatic heterocycles. The molecule has 200 valence electrons. The molecule has 0 saturated carbocycles. The van der Waals surface area contributed by atoms with Crippen LogP contribution in [0.4, 0.5) is 0 Å². The quantitative estimate of drug-likeness (QED) is 0.276. The standard InChI is InChI=1S/C27H40N2O7/c1-14-7-8-20(15(2)10-18-13-35-22(12-30)28-18)36-23(32)11-21(31)27(5,6)26(34)17(4)25(33)16(3)24-19(9-14)29-24/h7,10,13,16-17,19-21,24-25,29-31,33H,8-9,11-12H2,1-6H3/b14-7-,15-10+/t16-,17+,19?,20+,21-,24?,25-/m0/s1. The van der Waals surface area contributed by atoms with Gasteiger partial charge in [0.2, 0.25) is 5.89 Å². The Morgan fingerprint density at radius 3 is 2.58 bits per heavy atom. The van der Waals surface area contributed by atoms with Crippen LogP contribution in [0.25, 0.3) is 6.08 Å². The van der Waals surface area contributed by atoms with Crippen molar-refractivity contribution in [1.82, 2.24) is 10.3 Å². The fourth-order valence-corrected chi connectivity index (χ4v) is 4.95. The van der Waals surface area contributed by atoms with Gasteiger partial charge in [0.15, 0.2) is 0 Å². The van der Waals surface area contributed by atoms with Gasteiger partial charge in [0.1, 0.15) is 30.5 Å². The summed E-state index contributed by atoms with van der Waals surface area (Å²) in [7, 11) is 0. The zero-order valence-corrected chi connectivity index (χ0v) is 22.0. The number of hydrogen-bond donors (Lipinski definition) is 4. The summed E-state index contributed by atoms with van der Waals surface area (Å²) in [5.74, 6) is -1.56. The zero-order chi connectivity index (χ0) is 26.8. The first kappa shape index (κ1) is 28.2. The van der Waals surface area contributed by atoms with E-state index >= 15 is 0 Å². The minimum Gasteiger partial charge on any atom is -0.457 e. The Morgan fingerprint density at radius 2 is 1.94 bits per heavy atom. The number of ether oxygens (including phenoxy) is 1. The molecule has 2 aliphatic heterocycles. The van der Waals surface area contributed by atoms with E-state index in [2.05, 4.69) is 10.3 Å². The minimum absolute atomic E-state index is 0.0997. The van der Waals surface area contributed by atoms with Crippen molar-refractivity contribution in [3.8, 4) is 0 Å². The number of aliphatic hydroxyl groups excluding tert-OH is 3. The number of cyclic esters (lactones) is 1. The lowest BCUT2D eigenvalue weighted by Crippen LogP contribution is -2.46. The number of fused-ring (bicyclic) bond motifs is 1. The summed E-state index contributed by atoms with van der Waals surface area (Å²) in [6.07, 6.45) is 3.29. The van der Waals surface area contributed by atoms with Gasteiger partial charge in [-0.2, -0.15) is 0 Å². The molecule has 0 amide bonds. The van der Waals surface area contributed by atoms with E-state index in [9.17, 15) is 24.9 Å². The summed E-state index contributed by atoms with van der Waals surface area (Å²) in [6, 6.07) is 0.298. The van der Waals surface area contributed by atoms with Crippen LogP contribution in [0.5, 0.6) is 0 Å². The van der Waals surface area contributed by atoms with E-state index in [0.717, 1.165) is 17.6 Å². The molecule has 36 heavy (non-hydrogen) atoms. The predicted octanol–water partition coefficient (Wildman–Crippen LogP) is 2.54. The Bertz CT molecular complexity index is 1010. The Labute approximate surface area is 212 Å². The van der Waals surface area contributed by atoms with Crippen LogP contribution in [-0.4, -0.2) is 62.5 Å². The molecule has 0 aliphatic carbocycles. The van der Waals surface area contributed by atoms with Gasteiger partial charge in [-0.1, -0.05) is 39.3 Å². The number of aromatic nitrogens is 1. The van der Waals surface area contributed by atoms with Gasteiger partial charge in [0.25, 0.3) is 0 Å². The molecule has 2 unspecified atom stereocenters. The van der Waals surface area contributed by atoms with Gasteiger partial charge in [-0.05, 0) is 37.8 Å². The number of esters is 1. The van der Waals surface area contributed by atoms with Crippen LogP contribution < -0.4 is 5.32 Å². The molecule has 0 bridgehead atoms. The zero-order valence-electron chi connectivity index (χ0n) is 22.0. The second-order valence-electron chi connectivity index (χ2n) is 10.9. The van der Waals surface area contributed by atoms with Crippen LogP contribution in [0.1, 0.15) is 72.4 Å². The number of nitrogens with one attached hydrogen (secondary N) is 1. The van der Waals surface area contributed by atoms with Crippen molar-refractivity contribution in [2.45, 2.75) is 97.8 Å². The lowest BCUT2D eigenvalue weighted by molar-refractivity contribution is -0.154. The van der Waals surface area contributed by atoms with Crippen LogP contribution in [0.15, 0.2) is 27.9 Å². The molecular weight excluding hydrogens is 464 g/mol. The highest BCUT2D eigenvalue weighted by molar-refractivity contribution is 5.88. The molecule has 9 heteroatoms. The third kappa shape index (κ3) is 6.51. The average Bonchev–Trinajstić information content (AvgIpc) is 3.44. The smallest absolute Gasteiger partial charge is 0.309 e. The number of hydrogen-bond acceptors (Lipinski definition) is 9. The number of nitrogens with zero attached hydrogens (tertiary/aromatic N) is 1. The molecule has 0 radical (unpaired) electrons. The minimum atomic E-state index is -1.27. The van der Waals surface area contributed by atoms with Crippen molar-refractivity contribution in [3.05, 3.63) is 35.1 Å². The van der Waals surface area contributed by atoms with Crippen molar-refractivity contribution < 1.29 is 34.1 Å². The number of aliphatic hydroxyl groups is 3. The van der Waals surface area contributed by atoms with E-state index in [-0.39, 0.29) is 42.7 Å². The number of rotatable bonds is 3. The van der Waals surface area contributed by atoms with E-state index in [0.29, 0.717) is 12.1 Å². The molecule has 1 aromatic rings. The van der Waals surface area contributed by atoms with Crippen molar-refractivity contribution >= 4 is 17.8 Å². The number of carbonyl (C=O) groups excluding carboxylic acids is 2. The van der Waals surface area contributed by atoms with Gasteiger partial charge >= 0.3 is 5.97 Å². The van der Waals surface area contributed by atoms with Gasteiger partial charge in [-0.15, -0.1) is 0 Å². The van der Waals surface area contributed by atoms with Crippen molar-refractivity contribution in [2.75, 3.05) is 0 Å². The highest BCUT2D eigenvalue weighted by atomic mass is 16.5. The second-order valence-corrected chi connectivity index (χ2v) is 10.9. The summed E-state index contributed by atoms with van der Waals surface area (Å²) in [5, 5.41) is 34.4. The molecule has 3 rings (SSSR count). The van der Waals surface area contributed by atoms with Gasteiger partial charge in [0.05, 0.1) is 24.0 Å². The maximum atomic E-state index is 13.3. The summed E-state index contributed by atoms with van der Waals surface area (Å²) < 4.78 is 10.9. The fraction of sp³-hybridized carbons (Fsp3) is 0.667. The molecular formula is C27H40N2O7. The Balaban J connectivity index is 1.88. The Morgan fingerprint density at radius 1 is 1.25 bits per heavy atom. The normalized spacial score (nSPS) is 36.0. The van der Waals surface area contributed by atoms with Crippen LogP contribution in [0.3, 0.4) is 0 Å². The van der Waals surface area contributed by atoms with Crippen LogP contribution >= 0.6 is 0 Å². The van der Waals surface area contributed by atoms with Crippen LogP contribution in [0.2, 0.25) is 0 Å². The topological polar surface area (TPSA) is 152 Å². The Hall–Kier alpha value is -2.33. The number of Topliss-reactive ketones (excluding diaryl/α,β-unsaturated/α-hetero) is 1. The molecule has 0 spiro atoms. The maximum Gasteiger partial charge on any atom is 0.309 e. The summed E-state index contributed by atoms with van der Waals surface area (Å²) >= 11 is 0. The maximum absolute atomic E-state index is 13.3. The lowest BCUT2D eigenvalue weighted by Gasteiger charge is -2.34. The summed E-state index contributed by atoms with van der Waals surface area (Å²) in [4.78, 5) is 30.3. The predicted molar refractivity (Wildman–Crippen MR) is 133 cm³/mol. The highest BCUT2D eigenvalue weighted by Gasteiger charge is 2.47. The number of carbonyl (C=O) groups is 2. The number of oxazole rings is 1. The van der Waals surface area contributed by atoms with Gasteiger partial charge in [-0.25, -0.2) is 4.98 Å². The van der Waals surface area contributed by atoms with Crippen LogP contribution in [-0.2, 0) is 20.9 Å². The third-order valence-corrected chi connectivity index (χ3v) is 7.67. The summed E-state index contributed by atoms with van der Waals surface area (Å²) in [6.45, 7) is 10.3. The Kier molecular flexibility index (Phi) is 8.93. The van der Waals surface area contributed by atoms with E-state index in [4.69, 9.17) is 9.15 Å². The fourth-order valence-electron chi connectivity index (χ4n) is 4.95. The van der Waals surface area contributed by atoms with Crippen LogP contribution in [0, 0.1) is 17.3 Å². The van der Waals surface area contributed by atoms with E-state index in [1.54, 1.807) is 26.8 Å². The molecule has 7 atom stereocenters. The molecule has 9 nitrogen and oxygen atoms in total. The van der Waals surface area contributed by atoms with Gasteiger partial charge in [0, 0.05) is 24.4 Å². The van der Waals surface area contributed by atoms with Crippen molar-refractivity contribution in [3.63, 3.8) is 0 Å². The van der Waals surface area contributed by atoms with E-state index < -0.39 is 35.6 Å². The van der Waals surface area contributed by atoms with Crippen molar-refractivity contribution in [1.29, 1.82) is 0 Å². The van der Waals surface area contributed by atoms with Gasteiger partial charge < -0.3 is 29.8 Å². The molecule has 1 fully saturated rings. The average molecular weight is 505 g/mol. The highest BCUT2D eigenvalue weighted by Crippen LogP contribution is 2.35. The largest absolute Gasteiger partial charge is 0.457 e.